The standard InChI is InChI=1S/C13H24N4O6S/c1-7(18)11(13(22)23)17-12(21)8(3-4-24-2)16-10(20)6-15-9(19)5-14/h7-8,11,18H,3-6,14H2,1-2H3,(H,15,19)(H,16,20)(H,17,21)(H,22,23). The van der Waals surface area contributed by atoms with Gasteiger partial charge in [-0.15, -0.1) is 0 Å². The first-order valence-electron chi connectivity index (χ1n) is 7.19. The molecule has 0 fully saturated rings. The lowest BCUT2D eigenvalue weighted by atomic mass is 10.1. The van der Waals surface area contributed by atoms with Crippen molar-refractivity contribution in [3.8, 4) is 0 Å². The van der Waals surface area contributed by atoms with Crippen LogP contribution < -0.4 is 21.7 Å². The maximum atomic E-state index is 12.2. The largest absolute Gasteiger partial charge is 0.480 e. The molecular formula is C13H24N4O6S. The average molecular weight is 364 g/mol. The third-order valence-electron chi connectivity index (χ3n) is 2.94. The highest BCUT2D eigenvalue weighted by Crippen LogP contribution is 2.03. The number of amides is 3. The summed E-state index contributed by atoms with van der Waals surface area (Å²) in [5.41, 5.74) is 5.10. The summed E-state index contributed by atoms with van der Waals surface area (Å²) in [6.45, 7) is 0.618. The lowest BCUT2D eigenvalue weighted by Crippen LogP contribution is -2.55. The molecule has 0 aliphatic heterocycles. The summed E-state index contributed by atoms with van der Waals surface area (Å²) in [4.78, 5) is 46.0. The van der Waals surface area contributed by atoms with Crippen LogP contribution in [0, 0.1) is 0 Å². The summed E-state index contributed by atoms with van der Waals surface area (Å²) in [5, 5.41) is 25.2. The molecule has 10 nitrogen and oxygen atoms in total. The Labute approximate surface area is 143 Å². The zero-order chi connectivity index (χ0) is 18.7. The van der Waals surface area contributed by atoms with Gasteiger partial charge in [0.25, 0.3) is 0 Å². The molecule has 0 aliphatic carbocycles. The molecular weight excluding hydrogens is 340 g/mol. The van der Waals surface area contributed by atoms with Crippen LogP contribution in [0.5, 0.6) is 0 Å². The van der Waals surface area contributed by atoms with Crippen molar-refractivity contribution in [2.45, 2.75) is 31.5 Å². The normalized spacial score (nSPS) is 14.2. The first-order valence-corrected chi connectivity index (χ1v) is 8.58. The van der Waals surface area contributed by atoms with Gasteiger partial charge in [0.15, 0.2) is 6.04 Å². The Bertz CT molecular complexity index is 460. The lowest BCUT2D eigenvalue weighted by Gasteiger charge is -2.22. The van der Waals surface area contributed by atoms with Gasteiger partial charge < -0.3 is 31.9 Å². The second-order valence-electron chi connectivity index (χ2n) is 4.95. The Morgan fingerprint density at radius 3 is 2.25 bits per heavy atom. The topological polar surface area (TPSA) is 171 Å². The second kappa shape index (κ2) is 11.6. The Morgan fingerprint density at radius 2 is 1.79 bits per heavy atom. The first kappa shape index (κ1) is 22.1. The Morgan fingerprint density at radius 1 is 1.17 bits per heavy atom. The molecule has 0 saturated carbocycles. The fourth-order valence-electron chi connectivity index (χ4n) is 1.64. The average Bonchev–Trinajstić information content (AvgIpc) is 2.52. The number of aliphatic hydroxyl groups excluding tert-OH is 1. The van der Waals surface area contributed by atoms with Gasteiger partial charge in [0.1, 0.15) is 6.04 Å². The summed E-state index contributed by atoms with van der Waals surface area (Å²) in [6, 6.07) is -2.47. The molecule has 0 aromatic rings. The molecule has 11 heteroatoms. The fraction of sp³-hybridized carbons (Fsp3) is 0.692. The molecule has 0 bridgehead atoms. The maximum Gasteiger partial charge on any atom is 0.328 e. The van der Waals surface area contributed by atoms with E-state index < -0.39 is 41.9 Å². The van der Waals surface area contributed by atoms with Crippen molar-refractivity contribution >= 4 is 35.5 Å². The van der Waals surface area contributed by atoms with Crippen LogP contribution in [0.4, 0.5) is 0 Å². The van der Waals surface area contributed by atoms with Crippen molar-refractivity contribution in [1.29, 1.82) is 0 Å². The summed E-state index contributed by atoms with van der Waals surface area (Å²) < 4.78 is 0. The number of carboxylic acids is 1. The van der Waals surface area contributed by atoms with Crippen molar-refractivity contribution in [2.75, 3.05) is 25.1 Å². The van der Waals surface area contributed by atoms with E-state index in [2.05, 4.69) is 16.0 Å². The minimum atomic E-state index is -1.48. The van der Waals surface area contributed by atoms with E-state index in [0.29, 0.717) is 5.75 Å². The summed E-state index contributed by atoms with van der Waals surface area (Å²) >= 11 is 1.44. The molecule has 7 N–H and O–H groups in total. The van der Waals surface area contributed by atoms with Crippen molar-refractivity contribution in [2.24, 2.45) is 5.73 Å². The predicted molar refractivity (Wildman–Crippen MR) is 88.2 cm³/mol. The van der Waals surface area contributed by atoms with Crippen LogP contribution in [0.3, 0.4) is 0 Å². The van der Waals surface area contributed by atoms with Gasteiger partial charge in [0, 0.05) is 0 Å². The summed E-state index contributed by atoms with van der Waals surface area (Å²) in [6.07, 6.45) is 0.774. The zero-order valence-corrected chi connectivity index (χ0v) is 14.4. The summed E-state index contributed by atoms with van der Waals surface area (Å²) in [7, 11) is 0. The molecule has 0 rings (SSSR count). The van der Waals surface area contributed by atoms with Gasteiger partial charge in [0.05, 0.1) is 19.2 Å². The molecule has 0 saturated heterocycles. The molecule has 0 heterocycles. The van der Waals surface area contributed by atoms with Crippen LogP contribution in [0.2, 0.25) is 0 Å². The molecule has 24 heavy (non-hydrogen) atoms. The van der Waals surface area contributed by atoms with Gasteiger partial charge >= 0.3 is 5.97 Å². The molecule has 0 aromatic heterocycles. The van der Waals surface area contributed by atoms with E-state index in [4.69, 9.17) is 10.8 Å². The highest BCUT2D eigenvalue weighted by molar-refractivity contribution is 7.98. The second-order valence-corrected chi connectivity index (χ2v) is 5.93. The van der Waals surface area contributed by atoms with Gasteiger partial charge in [-0.2, -0.15) is 11.8 Å². The highest BCUT2D eigenvalue weighted by Gasteiger charge is 2.29. The number of carboxylic acid groups (broad SMARTS) is 1. The van der Waals surface area contributed by atoms with Gasteiger partial charge in [-0.05, 0) is 25.4 Å². The van der Waals surface area contributed by atoms with Gasteiger partial charge in [-0.25, -0.2) is 4.79 Å². The van der Waals surface area contributed by atoms with Crippen LogP contribution in [0.25, 0.3) is 0 Å². The monoisotopic (exact) mass is 364 g/mol. The molecule has 3 amide bonds. The van der Waals surface area contributed by atoms with E-state index in [0.717, 1.165) is 0 Å². The van der Waals surface area contributed by atoms with E-state index in [1.165, 1.54) is 18.7 Å². The number of nitrogens with two attached hydrogens (primary N) is 1. The number of aliphatic carboxylic acids is 1. The predicted octanol–water partition coefficient (Wildman–Crippen LogP) is -2.75. The molecule has 138 valence electrons. The van der Waals surface area contributed by atoms with Crippen LogP contribution in [0.1, 0.15) is 13.3 Å². The van der Waals surface area contributed by atoms with Crippen molar-refractivity contribution in [3.63, 3.8) is 0 Å². The first-order chi connectivity index (χ1) is 11.2. The molecule has 0 aliphatic rings. The smallest absolute Gasteiger partial charge is 0.328 e. The van der Waals surface area contributed by atoms with Crippen LogP contribution in [-0.2, 0) is 19.2 Å². The number of aliphatic hydroxyl groups is 1. The van der Waals surface area contributed by atoms with E-state index in [-0.39, 0.29) is 19.5 Å². The summed E-state index contributed by atoms with van der Waals surface area (Å²) in [5.74, 6) is -2.70. The number of thioether (sulfide) groups is 1. The maximum absolute atomic E-state index is 12.2. The Hall–Kier alpha value is -1.85. The van der Waals surface area contributed by atoms with Crippen molar-refractivity contribution in [1.82, 2.24) is 16.0 Å². The van der Waals surface area contributed by atoms with E-state index >= 15 is 0 Å². The number of hydrogen-bond acceptors (Lipinski definition) is 7. The van der Waals surface area contributed by atoms with Crippen LogP contribution in [0.15, 0.2) is 0 Å². The zero-order valence-electron chi connectivity index (χ0n) is 13.6. The third kappa shape index (κ3) is 8.70. The Balaban J connectivity index is 4.78. The molecule has 0 spiro atoms. The SMILES string of the molecule is CSCCC(NC(=O)CNC(=O)CN)C(=O)NC(C(=O)O)C(C)O. The number of nitrogens with one attached hydrogen (secondary N) is 3. The van der Waals surface area contributed by atoms with Crippen molar-refractivity contribution in [3.05, 3.63) is 0 Å². The molecule has 3 unspecified atom stereocenters. The van der Waals surface area contributed by atoms with Crippen LogP contribution in [-0.4, -0.2) is 77.2 Å². The van der Waals surface area contributed by atoms with Gasteiger partial charge in [-0.3, -0.25) is 14.4 Å². The lowest BCUT2D eigenvalue weighted by molar-refractivity contribution is -0.145. The van der Waals surface area contributed by atoms with Crippen molar-refractivity contribution < 1.29 is 29.4 Å². The van der Waals surface area contributed by atoms with Gasteiger partial charge in [0.2, 0.25) is 17.7 Å². The number of rotatable bonds is 11. The minimum absolute atomic E-state index is 0.260. The number of carbonyl (C=O) groups excluding carboxylic acids is 3. The van der Waals surface area contributed by atoms with Gasteiger partial charge in [-0.1, -0.05) is 0 Å². The van der Waals surface area contributed by atoms with E-state index in [1.54, 1.807) is 0 Å². The quantitative estimate of drug-likeness (QED) is 0.229. The minimum Gasteiger partial charge on any atom is -0.480 e. The molecule has 0 aromatic carbocycles. The Kier molecular flexibility index (Phi) is 10.8. The number of carbonyl (C=O) groups is 4. The highest BCUT2D eigenvalue weighted by atomic mass is 32.2. The fourth-order valence-corrected chi connectivity index (χ4v) is 2.11. The molecule has 3 atom stereocenters. The molecule has 0 radical (unpaired) electrons. The van der Waals surface area contributed by atoms with E-state index in [1.807, 2.05) is 6.26 Å². The van der Waals surface area contributed by atoms with Crippen LogP contribution >= 0.6 is 11.8 Å². The van der Waals surface area contributed by atoms with E-state index in [9.17, 15) is 24.3 Å². The third-order valence-corrected chi connectivity index (χ3v) is 3.58. The number of hydrogen-bond donors (Lipinski definition) is 6.